The molecule has 0 aliphatic carbocycles. The van der Waals surface area contributed by atoms with Crippen molar-refractivity contribution in [3.63, 3.8) is 0 Å². The summed E-state index contributed by atoms with van der Waals surface area (Å²) in [6.07, 6.45) is 0. The van der Waals surface area contributed by atoms with Crippen molar-refractivity contribution in [3.05, 3.63) is 57.9 Å². The lowest BCUT2D eigenvalue weighted by Gasteiger charge is -2.06. The molecule has 20 heavy (non-hydrogen) atoms. The summed E-state index contributed by atoms with van der Waals surface area (Å²) in [5.41, 5.74) is 7.91. The van der Waals surface area contributed by atoms with Crippen LogP contribution in [0, 0.1) is 6.92 Å². The summed E-state index contributed by atoms with van der Waals surface area (Å²) in [6, 6.07) is 14.3. The quantitative estimate of drug-likeness (QED) is 0.492. The van der Waals surface area contributed by atoms with Crippen LogP contribution in [-0.2, 0) is 5.75 Å². The molecule has 0 aliphatic heterocycles. The molecule has 1 heterocycles. The predicted octanol–water partition coefficient (Wildman–Crippen LogP) is 5.74. The number of halogens is 1. The Kier molecular flexibility index (Phi) is 3.92. The van der Waals surface area contributed by atoms with Gasteiger partial charge in [0.05, 0.1) is 5.02 Å². The van der Waals surface area contributed by atoms with Gasteiger partial charge in [0.1, 0.15) is 0 Å². The van der Waals surface area contributed by atoms with Crippen LogP contribution in [0.25, 0.3) is 10.1 Å². The van der Waals surface area contributed by atoms with Crippen molar-refractivity contribution in [2.75, 3.05) is 5.73 Å². The molecule has 0 bridgehead atoms. The molecule has 0 fully saturated rings. The van der Waals surface area contributed by atoms with Crippen LogP contribution in [0.15, 0.2) is 47.4 Å². The molecule has 3 aromatic rings. The zero-order valence-corrected chi connectivity index (χ0v) is 13.4. The largest absolute Gasteiger partial charge is 0.399 e. The van der Waals surface area contributed by atoms with Crippen LogP contribution < -0.4 is 5.73 Å². The number of thiophene rings is 1. The molecule has 0 atom stereocenters. The maximum Gasteiger partial charge on any atom is 0.0632 e. The first-order valence-electron chi connectivity index (χ1n) is 6.30. The van der Waals surface area contributed by atoms with E-state index in [0.29, 0.717) is 0 Å². The van der Waals surface area contributed by atoms with Crippen LogP contribution in [0.1, 0.15) is 10.4 Å². The number of benzene rings is 2. The Morgan fingerprint density at radius 1 is 1.20 bits per heavy atom. The van der Waals surface area contributed by atoms with Gasteiger partial charge in [-0.3, -0.25) is 0 Å². The summed E-state index contributed by atoms with van der Waals surface area (Å²) in [5.74, 6) is 0.877. The van der Waals surface area contributed by atoms with E-state index in [1.165, 1.54) is 20.0 Å². The first kappa shape index (κ1) is 13.8. The summed E-state index contributed by atoms with van der Waals surface area (Å²) in [6.45, 7) is 2.11. The fourth-order valence-corrected chi connectivity index (χ4v) is 4.81. The molecule has 0 spiro atoms. The number of fused-ring (bicyclic) bond motifs is 1. The van der Waals surface area contributed by atoms with Gasteiger partial charge in [-0.05, 0) is 30.7 Å². The Bertz CT molecular complexity index is 764. The van der Waals surface area contributed by atoms with E-state index in [9.17, 15) is 0 Å². The lowest BCUT2D eigenvalue weighted by Crippen LogP contribution is -1.87. The Labute approximate surface area is 131 Å². The highest BCUT2D eigenvalue weighted by molar-refractivity contribution is 7.98. The maximum absolute atomic E-state index is 6.47. The van der Waals surface area contributed by atoms with Gasteiger partial charge in [-0.1, -0.05) is 35.9 Å². The van der Waals surface area contributed by atoms with Crippen molar-refractivity contribution in [3.8, 4) is 0 Å². The van der Waals surface area contributed by atoms with Crippen LogP contribution in [0.2, 0.25) is 5.02 Å². The van der Waals surface area contributed by atoms with E-state index < -0.39 is 0 Å². The van der Waals surface area contributed by atoms with Crippen LogP contribution in [0.4, 0.5) is 5.69 Å². The second-order valence-corrected chi connectivity index (χ2v) is 7.18. The summed E-state index contributed by atoms with van der Waals surface area (Å²) < 4.78 is 1.25. The van der Waals surface area contributed by atoms with Crippen LogP contribution >= 0.6 is 34.7 Å². The van der Waals surface area contributed by atoms with E-state index >= 15 is 0 Å². The third kappa shape index (κ3) is 2.66. The number of hydrogen-bond acceptors (Lipinski definition) is 3. The lowest BCUT2D eigenvalue weighted by atomic mass is 10.2. The highest BCUT2D eigenvalue weighted by atomic mass is 35.5. The first-order valence-corrected chi connectivity index (χ1v) is 8.48. The molecule has 102 valence electrons. The van der Waals surface area contributed by atoms with Gasteiger partial charge in [-0.15, -0.1) is 23.1 Å². The molecular formula is C16H14ClNS2. The number of thioether (sulfide) groups is 1. The summed E-state index contributed by atoms with van der Waals surface area (Å²) in [4.78, 5) is 2.44. The van der Waals surface area contributed by atoms with Crippen LogP contribution in [-0.4, -0.2) is 0 Å². The Morgan fingerprint density at radius 3 is 2.80 bits per heavy atom. The fourth-order valence-electron chi connectivity index (χ4n) is 2.07. The zero-order valence-electron chi connectivity index (χ0n) is 11.0. The molecule has 1 nitrogen and oxygen atoms in total. The monoisotopic (exact) mass is 319 g/mol. The third-order valence-corrected chi connectivity index (χ3v) is 6.25. The standard InChI is InChI=1S/C16H14ClNS2/c1-10-6-7-11(18)8-14(10)19-9-15-16(17)12-4-2-3-5-13(12)20-15/h2-8H,9,18H2,1H3. The smallest absolute Gasteiger partial charge is 0.0632 e. The molecule has 1 aromatic heterocycles. The molecule has 0 unspecified atom stereocenters. The minimum absolute atomic E-state index is 0.806. The lowest BCUT2D eigenvalue weighted by molar-refractivity contribution is 1.30. The van der Waals surface area contributed by atoms with Gasteiger partial charge in [0, 0.05) is 31.3 Å². The van der Waals surface area contributed by atoms with Crippen LogP contribution in [0.5, 0.6) is 0 Å². The fraction of sp³-hybridized carbons (Fsp3) is 0.125. The number of nitrogens with two attached hydrogens (primary N) is 1. The van der Waals surface area contributed by atoms with Crippen molar-refractivity contribution >= 4 is 50.5 Å². The van der Waals surface area contributed by atoms with Crippen molar-refractivity contribution in [1.29, 1.82) is 0 Å². The minimum atomic E-state index is 0.806. The second-order valence-electron chi connectivity index (χ2n) is 4.65. The SMILES string of the molecule is Cc1ccc(N)cc1SCc1sc2ccccc2c1Cl. The predicted molar refractivity (Wildman–Crippen MR) is 92.0 cm³/mol. The average Bonchev–Trinajstić information content (AvgIpc) is 2.77. The Hall–Kier alpha value is -1.16. The second kappa shape index (κ2) is 5.68. The van der Waals surface area contributed by atoms with Gasteiger partial charge in [-0.25, -0.2) is 0 Å². The number of hydrogen-bond donors (Lipinski definition) is 1. The summed E-state index contributed by atoms with van der Waals surface area (Å²) in [5, 5.41) is 2.04. The molecule has 2 aromatic carbocycles. The molecule has 0 saturated carbocycles. The normalized spacial score (nSPS) is 11.1. The van der Waals surface area contributed by atoms with Gasteiger partial charge in [-0.2, -0.15) is 0 Å². The van der Waals surface area contributed by atoms with E-state index in [4.69, 9.17) is 17.3 Å². The van der Waals surface area contributed by atoms with Gasteiger partial charge in [0.15, 0.2) is 0 Å². The molecule has 2 N–H and O–H groups in total. The van der Waals surface area contributed by atoms with Gasteiger partial charge < -0.3 is 5.73 Å². The molecule has 0 amide bonds. The van der Waals surface area contributed by atoms with Gasteiger partial charge in [0.2, 0.25) is 0 Å². The topological polar surface area (TPSA) is 26.0 Å². The van der Waals surface area contributed by atoms with Gasteiger partial charge >= 0.3 is 0 Å². The van der Waals surface area contributed by atoms with E-state index in [2.05, 4.69) is 25.1 Å². The highest BCUT2D eigenvalue weighted by Gasteiger charge is 2.10. The van der Waals surface area contributed by atoms with Gasteiger partial charge in [0.25, 0.3) is 0 Å². The maximum atomic E-state index is 6.47. The van der Waals surface area contributed by atoms with Crippen molar-refractivity contribution in [2.45, 2.75) is 17.6 Å². The molecule has 0 radical (unpaired) electrons. The molecule has 0 saturated heterocycles. The first-order chi connectivity index (χ1) is 9.65. The Balaban J connectivity index is 1.87. The van der Waals surface area contributed by atoms with Crippen molar-refractivity contribution in [2.24, 2.45) is 0 Å². The average molecular weight is 320 g/mol. The number of aryl methyl sites for hydroxylation is 1. The van der Waals surface area contributed by atoms with E-state index in [0.717, 1.165) is 21.8 Å². The molecule has 3 rings (SSSR count). The Morgan fingerprint density at radius 2 is 2.00 bits per heavy atom. The van der Waals surface area contributed by atoms with E-state index in [-0.39, 0.29) is 0 Å². The minimum Gasteiger partial charge on any atom is -0.399 e. The summed E-state index contributed by atoms with van der Waals surface area (Å²) >= 11 is 10.0. The van der Waals surface area contributed by atoms with E-state index in [1.54, 1.807) is 23.1 Å². The molecule has 0 aliphatic rings. The van der Waals surface area contributed by atoms with Crippen molar-refractivity contribution < 1.29 is 0 Å². The number of rotatable bonds is 3. The highest BCUT2D eigenvalue weighted by Crippen LogP contribution is 2.39. The van der Waals surface area contributed by atoms with Crippen LogP contribution in [0.3, 0.4) is 0 Å². The molecule has 4 heteroatoms. The van der Waals surface area contributed by atoms with E-state index in [1.807, 2.05) is 24.3 Å². The summed E-state index contributed by atoms with van der Waals surface area (Å²) in [7, 11) is 0. The third-order valence-electron chi connectivity index (χ3n) is 3.17. The van der Waals surface area contributed by atoms with Crippen molar-refractivity contribution in [1.82, 2.24) is 0 Å². The number of anilines is 1. The molecular weight excluding hydrogens is 306 g/mol. The zero-order chi connectivity index (χ0) is 14.1. The number of nitrogen functional groups attached to an aromatic ring is 1.